The lowest BCUT2D eigenvalue weighted by atomic mass is 10.0. The highest BCUT2D eigenvalue weighted by Crippen LogP contribution is 2.21. The first-order valence-corrected chi connectivity index (χ1v) is 7.27. The molecule has 1 fully saturated rings. The van der Waals surface area contributed by atoms with Crippen LogP contribution in [0.1, 0.15) is 25.3 Å². The zero-order valence-corrected chi connectivity index (χ0v) is 13.6. The van der Waals surface area contributed by atoms with Crippen LogP contribution in [0, 0.1) is 0 Å². The van der Waals surface area contributed by atoms with Crippen molar-refractivity contribution in [2.45, 2.75) is 38.3 Å². The Morgan fingerprint density at radius 3 is 2.85 bits per heavy atom. The molecule has 1 aliphatic heterocycles. The number of rotatable bonds is 3. The Balaban J connectivity index is 0.00000200. The number of piperidine rings is 1. The van der Waals surface area contributed by atoms with Crippen molar-refractivity contribution in [2.75, 3.05) is 6.54 Å². The minimum absolute atomic E-state index is 0. The van der Waals surface area contributed by atoms with E-state index in [1.54, 1.807) is 18.2 Å². The average molecular weight is 338 g/mol. The lowest BCUT2D eigenvalue weighted by molar-refractivity contribution is -0.121. The molecule has 20 heavy (non-hydrogen) atoms. The summed E-state index contributed by atoms with van der Waals surface area (Å²) in [5.74, 6) is 0.0170. The van der Waals surface area contributed by atoms with Crippen LogP contribution in [-0.2, 0) is 11.2 Å². The van der Waals surface area contributed by atoms with Crippen LogP contribution in [0.5, 0.6) is 0 Å². The molecule has 0 saturated carbocycles. The first-order valence-electron chi connectivity index (χ1n) is 6.51. The van der Waals surface area contributed by atoms with Gasteiger partial charge in [-0.1, -0.05) is 29.3 Å². The van der Waals surface area contributed by atoms with E-state index in [1.165, 1.54) is 0 Å². The standard InChI is InChI=1S/C14H18Cl2N2O.ClH/c1-9-6-12(4-5-17-9)18-14(19)7-10-2-3-11(15)8-13(10)16;/h2-3,8-9,12,17H,4-7H2,1H3,(H,18,19);1H. The molecule has 1 aromatic rings. The fourth-order valence-electron chi connectivity index (χ4n) is 2.38. The van der Waals surface area contributed by atoms with E-state index in [4.69, 9.17) is 23.2 Å². The van der Waals surface area contributed by atoms with Crippen LogP contribution < -0.4 is 10.6 Å². The Hall–Kier alpha value is -0.480. The minimum atomic E-state index is 0. The monoisotopic (exact) mass is 336 g/mol. The van der Waals surface area contributed by atoms with Gasteiger partial charge in [0.15, 0.2) is 0 Å². The van der Waals surface area contributed by atoms with Crippen molar-refractivity contribution in [3.8, 4) is 0 Å². The van der Waals surface area contributed by atoms with Crippen molar-refractivity contribution in [3.05, 3.63) is 33.8 Å². The molecule has 2 N–H and O–H groups in total. The number of nitrogens with one attached hydrogen (secondary N) is 2. The SMILES string of the molecule is CC1CC(NC(=O)Cc2ccc(Cl)cc2Cl)CCN1.Cl. The second-order valence-corrected chi connectivity index (χ2v) is 5.90. The Kier molecular flexibility index (Phi) is 7.10. The molecule has 2 atom stereocenters. The molecular formula is C14H19Cl3N2O. The van der Waals surface area contributed by atoms with Crippen LogP contribution in [0.2, 0.25) is 10.0 Å². The number of benzene rings is 1. The summed E-state index contributed by atoms with van der Waals surface area (Å²) in [7, 11) is 0. The maximum absolute atomic E-state index is 12.0. The van der Waals surface area contributed by atoms with E-state index < -0.39 is 0 Å². The molecule has 1 aliphatic rings. The Morgan fingerprint density at radius 2 is 2.20 bits per heavy atom. The summed E-state index contributed by atoms with van der Waals surface area (Å²) in [5.41, 5.74) is 0.811. The van der Waals surface area contributed by atoms with Gasteiger partial charge in [-0.3, -0.25) is 4.79 Å². The van der Waals surface area contributed by atoms with Gasteiger partial charge in [0, 0.05) is 22.1 Å². The molecule has 1 aromatic carbocycles. The second kappa shape index (κ2) is 8.08. The van der Waals surface area contributed by atoms with Gasteiger partial charge < -0.3 is 10.6 Å². The summed E-state index contributed by atoms with van der Waals surface area (Å²) in [6, 6.07) is 5.93. The lowest BCUT2D eigenvalue weighted by Crippen LogP contribution is -2.46. The number of carbonyl (C=O) groups is 1. The quantitative estimate of drug-likeness (QED) is 0.889. The molecule has 0 radical (unpaired) electrons. The summed E-state index contributed by atoms with van der Waals surface area (Å²) in [6.07, 6.45) is 2.25. The molecule has 2 rings (SSSR count). The maximum Gasteiger partial charge on any atom is 0.224 e. The van der Waals surface area contributed by atoms with Crippen molar-refractivity contribution in [1.29, 1.82) is 0 Å². The van der Waals surface area contributed by atoms with Gasteiger partial charge in [0.2, 0.25) is 5.91 Å². The zero-order chi connectivity index (χ0) is 13.8. The molecule has 3 nitrogen and oxygen atoms in total. The highest BCUT2D eigenvalue weighted by Gasteiger charge is 2.20. The van der Waals surface area contributed by atoms with Gasteiger partial charge in [-0.2, -0.15) is 0 Å². The molecule has 0 aromatic heterocycles. The van der Waals surface area contributed by atoms with Crippen LogP contribution in [0.25, 0.3) is 0 Å². The number of halogens is 3. The van der Waals surface area contributed by atoms with E-state index in [1.807, 2.05) is 0 Å². The smallest absolute Gasteiger partial charge is 0.224 e. The Labute approximate surface area is 135 Å². The third kappa shape index (κ3) is 5.13. The summed E-state index contributed by atoms with van der Waals surface area (Å²) in [6.45, 7) is 3.09. The van der Waals surface area contributed by atoms with Gasteiger partial charge in [0.05, 0.1) is 6.42 Å². The predicted molar refractivity (Wildman–Crippen MR) is 86.0 cm³/mol. The topological polar surface area (TPSA) is 41.1 Å². The molecule has 0 spiro atoms. The van der Waals surface area contributed by atoms with Gasteiger partial charge in [0.1, 0.15) is 0 Å². The van der Waals surface area contributed by atoms with Gasteiger partial charge in [0.25, 0.3) is 0 Å². The van der Waals surface area contributed by atoms with E-state index in [2.05, 4.69) is 17.6 Å². The number of hydrogen-bond donors (Lipinski definition) is 2. The van der Waals surface area contributed by atoms with Gasteiger partial charge in [-0.05, 0) is 44.0 Å². The Bertz CT molecular complexity index is 468. The third-order valence-corrected chi connectivity index (χ3v) is 3.94. The minimum Gasteiger partial charge on any atom is -0.353 e. The van der Waals surface area contributed by atoms with Crippen molar-refractivity contribution in [3.63, 3.8) is 0 Å². The van der Waals surface area contributed by atoms with Crippen LogP contribution in [0.4, 0.5) is 0 Å². The van der Waals surface area contributed by atoms with Crippen molar-refractivity contribution in [1.82, 2.24) is 10.6 Å². The zero-order valence-electron chi connectivity index (χ0n) is 11.3. The first kappa shape index (κ1) is 17.6. The van der Waals surface area contributed by atoms with Crippen LogP contribution >= 0.6 is 35.6 Å². The highest BCUT2D eigenvalue weighted by molar-refractivity contribution is 6.35. The van der Waals surface area contributed by atoms with Crippen LogP contribution in [-0.4, -0.2) is 24.5 Å². The maximum atomic E-state index is 12.0. The lowest BCUT2D eigenvalue weighted by Gasteiger charge is -2.28. The molecule has 1 saturated heterocycles. The van der Waals surface area contributed by atoms with E-state index >= 15 is 0 Å². The van der Waals surface area contributed by atoms with E-state index in [9.17, 15) is 4.79 Å². The summed E-state index contributed by atoms with van der Waals surface area (Å²) in [5, 5.41) is 7.56. The van der Waals surface area contributed by atoms with E-state index in [-0.39, 0.29) is 24.4 Å². The molecule has 6 heteroatoms. The second-order valence-electron chi connectivity index (χ2n) is 5.06. The van der Waals surface area contributed by atoms with Crippen LogP contribution in [0.3, 0.4) is 0 Å². The summed E-state index contributed by atoms with van der Waals surface area (Å²) in [4.78, 5) is 12.0. The number of amides is 1. The van der Waals surface area contributed by atoms with Gasteiger partial charge >= 0.3 is 0 Å². The summed E-state index contributed by atoms with van der Waals surface area (Å²) >= 11 is 11.9. The number of hydrogen-bond acceptors (Lipinski definition) is 2. The van der Waals surface area contributed by atoms with Gasteiger partial charge in [-0.25, -0.2) is 0 Å². The van der Waals surface area contributed by atoms with Crippen molar-refractivity contribution < 1.29 is 4.79 Å². The molecular weight excluding hydrogens is 319 g/mol. The molecule has 0 aliphatic carbocycles. The average Bonchev–Trinajstić information content (AvgIpc) is 2.33. The van der Waals surface area contributed by atoms with E-state index in [0.29, 0.717) is 22.5 Å². The fraction of sp³-hybridized carbons (Fsp3) is 0.500. The first-order chi connectivity index (χ1) is 9.04. The Morgan fingerprint density at radius 1 is 1.45 bits per heavy atom. The normalized spacial score (nSPS) is 21.9. The van der Waals surface area contributed by atoms with Crippen molar-refractivity contribution in [2.24, 2.45) is 0 Å². The number of carbonyl (C=O) groups excluding carboxylic acids is 1. The highest BCUT2D eigenvalue weighted by atomic mass is 35.5. The molecule has 0 bridgehead atoms. The van der Waals surface area contributed by atoms with E-state index in [0.717, 1.165) is 24.9 Å². The molecule has 112 valence electrons. The van der Waals surface area contributed by atoms with Crippen LogP contribution in [0.15, 0.2) is 18.2 Å². The fourth-order valence-corrected chi connectivity index (χ4v) is 2.86. The molecule has 1 heterocycles. The van der Waals surface area contributed by atoms with Gasteiger partial charge in [-0.15, -0.1) is 12.4 Å². The molecule has 2 unspecified atom stereocenters. The summed E-state index contributed by atoms with van der Waals surface area (Å²) < 4.78 is 0. The largest absolute Gasteiger partial charge is 0.353 e. The van der Waals surface area contributed by atoms with Crippen molar-refractivity contribution >= 4 is 41.5 Å². The molecule has 1 amide bonds. The third-order valence-electron chi connectivity index (χ3n) is 3.35. The predicted octanol–water partition coefficient (Wildman–Crippen LogP) is 3.21.